The van der Waals surface area contributed by atoms with Gasteiger partial charge in [0.25, 0.3) is 0 Å². The summed E-state index contributed by atoms with van der Waals surface area (Å²) in [7, 11) is 0. The molecule has 0 aromatic carbocycles. The lowest BCUT2D eigenvalue weighted by molar-refractivity contribution is 0.410. The maximum atomic E-state index is 6.00. The van der Waals surface area contributed by atoms with E-state index in [1.54, 1.807) is 0 Å². The second-order valence-electron chi connectivity index (χ2n) is 6.32. The van der Waals surface area contributed by atoms with Crippen molar-refractivity contribution in [2.75, 3.05) is 6.54 Å². The van der Waals surface area contributed by atoms with Crippen molar-refractivity contribution in [2.45, 2.75) is 63.8 Å². The lowest BCUT2D eigenvalue weighted by atomic mass is 9.96. The van der Waals surface area contributed by atoms with Crippen LogP contribution in [0.4, 0.5) is 0 Å². The van der Waals surface area contributed by atoms with Crippen LogP contribution >= 0.6 is 24.0 Å². The monoisotopic (exact) mass is 363 g/mol. The van der Waals surface area contributed by atoms with Crippen LogP contribution in [0.5, 0.6) is 0 Å². The third-order valence-corrected chi connectivity index (χ3v) is 4.86. The highest BCUT2D eigenvalue weighted by molar-refractivity contribution is 14.0. The topological polar surface area (TPSA) is 50.4 Å². The Balaban J connectivity index is 0.00000120. The molecule has 0 radical (unpaired) electrons. The Labute approximate surface area is 127 Å². The quantitative estimate of drug-likeness (QED) is 0.458. The summed E-state index contributed by atoms with van der Waals surface area (Å²) < 4.78 is 0. The molecule has 4 heteroatoms. The van der Waals surface area contributed by atoms with Crippen LogP contribution in [0.25, 0.3) is 0 Å². The van der Waals surface area contributed by atoms with E-state index in [4.69, 9.17) is 5.73 Å². The van der Waals surface area contributed by atoms with E-state index >= 15 is 0 Å². The summed E-state index contributed by atoms with van der Waals surface area (Å²) in [5.74, 6) is 1.68. The fourth-order valence-electron chi connectivity index (χ4n) is 3.30. The van der Waals surface area contributed by atoms with Crippen LogP contribution < -0.4 is 11.1 Å². The standard InChI is InChI=1S/C14H25N3.HI/c15-13(17-12-4-2-1-3-5-12)16-10-14(8-9-14)11-6-7-11;/h11-12H,1-10H2,(H3,15,16,17);1H. The Bertz CT molecular complexity index is 302. The average Bonchev–Trinajstić information content (AvgIpc) is 3.20. The van der Waals surface area contributed by atoms with Gasteiger partial charge in [0.15, 0.2) is 5.96 Å². The van der Waals surface area contributed by atoms with Crippen LogP contribution in [-0.2, 0) is 0 Å². The molecule has 0 aliphatic heterocycles. The molecule has 0 saturated heterocycles. The van der Waals surface area contributed by atoms with E-state index in [1.807, 2.05) is 0 Å². The van der Waals surface area contributed by atoms with Crippen molar-refractivity contribution in [3.8, 4) is 0 Å². The molecule has 0 atom stereocenters. The van der Waals surface area contributed by atoms with Crippen LogP contribution in [0.3, 0.4) is 0 Å². The molecular formula is C14H26IN3. The van der Waals surface area contributed by atoms with Gasteiger partial charge in [-0.3, -0.25) is 4.99 Å². The smallest absolute Gasteiger partial charge is 0.188 e. The van der Waals surface area contributed by atoms with Gasteiger partial charge in [0, 0.05) is 12.6 Å². The fourth-order valence-corrected chi connectivity index (χ4v) is 3.30. The van der Waals surface area contributed by atoms with Gasteiger partial charge in [0.05, 0.1) is 0 Å². The van der Waals surface area contributed by atoms with Gasteiger partial charge in [0.1, 0.15) is 0 Å². The van der Waals surface area contributed by atoms with Crippen molar-refractivity contribution in [1.82, 2.24) is 5.32 Å². The Hall–Kier alpha value is 0. The molecule has 3 fully saturated rings. The maximum Gasteiger partial charge on any atom is 0.188 e. The molecular weight excluding hydrogens is 337 g/mol. The summed E-state index contributed by atoms with van der Waals surface area (Å²) in [5, 5.41) is 3.41. The van der Waals surface area contributed by atoms with Crippen molar-refractivity contribution in [3.63, 3.8) is 0 Å². The zero-order valence-corrected chi connectivity index (χ0v) is 13.5. The fraction of sp³-hybridized carbons (Fsp3) is 0.929. The third kappa shape index (κ3) is 3.52. The van der Waals surface area contributed by atoms with Crippen molar-refractivity contribution >= 4 is 29.9 Å². The van der Waals surface area contributed by atoms with Gasteiger partial charge in [-0.05, 0) is 49.9 Å². The minimum absolute atomic E-state index is 0. The first-order valence-electron chi connectivity index (χ1n) is 7.35. The first kappa shape index (κ1) is 14.4. The van der Waals surface area contributed by atoms with E-state index in [9.17, 15) is 0 Å². The number of halogens is 1. The zero-order valence-electron chi connectivity index (χ0n) is 11.2. The van der Waals surface area contributed by atoms with Crippen LogP contribution in [0.2, 0.25) is 0 Å². The SMILES string of the molecule is I.NC(=NCC1(C2CC2)CC1)NC1CCCCC1. The predicted molar refractivity (Wildman–Crippen MR) is 86.3 cm³/mol. The third-order valence-electron chi connectivity index (χ3n) is 4.86. The first-order chi connectivity index (χ1) is 8.28. The van der Waals surface area contributed by atoms with Gasteiger partial charge in [-0.25, -0.2) is 0 Å². The van der Waals surface area contributed by atoms with E-state index in [0.29, 0.717) is 17.4 Å². The summed E-state index contributed by atoms with van der Waals surface area (Å²) in [6.07, 6.45) is 12.3. The van der Waals surface area contributed by atoms with E-state index in [0.717, 1.165) is 12.5 Å². The van der Waals surface area contributed by atoms with Crippen molar-refractivity contribution in [1.29, 1.82) is 0 Å². The van der Waals surface area contributed by atoms with Gasteiger partial charge < -0.3 is 11.1 Å². The molecule has 0 spiro atoms. The van der Waals surface area contributed by atoms with E-state index < -0.39 is 0 Å². The number of rotatable bonds is 4. The average molecular weight is 363 g/mol. The lowest BCUT2D eigenvalue weighted by Crippen LogP contribution is -2.41. The van der Waals surface area contributed by atoms with Crippen LogP contribution in [0, 0.1) is 11.3 Å². The summed E-state index contributed by atoms with van der Waals surface area (Å²) in [6.45, 7) is 0.975. The molecule has 0 aromatic rings. The minimum Gasteiger partial charge on any atom is -0.370 e. The molecule has 3 nitrogen and oxygen atoms in total. The molecule has 0 unspecified atom stereocenters. The van der Waals surface area contributed by atoms with Crippen molar-refractivity contribution in [2.24, 2.45) is 22.1 Å². The summed E-state index contributed by atoms with van der Waals surface area (Å²) >= 11 is 0. The Morgan fingerprint density at radius 2 is 1.78 bits per heavy atom. The number of nitrogens with one attached hydrogen (secondary N) is 1. The number of nitrogens with two attached hydrogens (primary N) is 1. The molecule has 0 bridgehead atoms. The van der Waals surface area contributed by atoms with Crippen LogP contribution in [0.15, 0.2) is 4.99 Å². The number of guanidine groups is 1. The first-order valence-corrected chi connectivity index (χ1v) is 7.35. The van der Waals surface area contributed by atoms with Gasteiger partial charge in [-0.1, -0.05) is 19.3 Å². The predicted octanol–water partition coefficient (Wildman–Crippen LogP) is 3.03. The number of hydrogen-bond donors (Lipinski definition) is 2. The molecule has 3 saturated carbocycles. The van der Waals surface area contributed by atoms with E-state index in [1.165, 1.54) is 57.8 Å². The molecule has 0 heterocycles. The lowest BCUT2D eigenvalue weighted by Gasteiger charge is -2.23. The van der Waals surface area contributed by atoms with Crippen LogP contribution in [0.1, 0.15) is 57.8 Å². The Kier molecular flexibility index (Phi) is 4.78. The molecule has 18 heavy (non-hydrogen) atoms. The molecule has 3 rings (SSSR count). The highest BCUT2D eigenvalue weighted by Crippen LogP contribution is 2.61. The summed E-state index contributed by atoms with van der Waals surface area (Å²) in [4.78, 5) is 4.60. The van der Waals surface area contributed by atoms with Crippen LogP contribution in [-0.4, -0.2) is 18.5 Å². The molecule has 3 aliphatic rings. The van der Waals surface area contributed by atoms with Crippen molar-refractivity contribution in [3.05, 3.63) is 0 Å². The van der Waals surface area contributed by atoms with Crippen molar-refractivity contribution < 1.29 is 0 Å². The van der Waals surface area contributed by atoms with Gasteiger partial charge in [-0.15, -0.1) is 24.0 Å². The zero-order chi connectivity index (χ0) is 11.7. The molecule has 0 amide bonds. The maximum absolute atomic E-state index is 6.00. The van der Waals surface area contributed by atoms with E-state index in [2.05, 4.69) is 10.3 Å². The van der Waals surface area contributed by atoms with E-state index in [-0.39, 0.29) is 24.0 Å². The molecule has 3 aliphatic carbocycles. The second kappa shape index (κ2) is 5.97. The minimum atomic E-state index is 0. The van der Waals surface area contributed by atoms with Gasteiger partial charge in [0.2, 0.25) is 0 Å². The normalized spacial score (nSPS) is 27.4. The Morgan fingerprint density at radius 1 is 1.11 bits per heavy atom. The summed E-state index contributed by atoms with van der Waals surface area (Å²) in [5.41, 5.74) is 6.58. The Morgan fingerprint density at radius 3 is 2.33 bits per heavy atom. The molecule has 0 aromatic heterocycles. The number of hydrogen-bond acceptors (Lipinski definition) is 1. The molecule has 3 N–H and O–H groups in total. The summed E-state index contributed by atoms with van der Waals surface area (Å²) in [6, 6.07) is 0.587. The highest BCUT2D eigenvalue weighted by atomic mass is 127. The molecule has 104 valence electrons. The largest absolute Gasteiger partial charge is 0.370 e. The highest BCUT2D eigenvalue weighted by Gasteiger charge is 2.53. The number of aliphatic imine (C=N–C) groups is 1. The van der Waals surface area contributed by atoms with Gasteiger partial charge >= 0.3 is 0 Å². The van der Waals surface area contributed by atoms with Gasteiger partial charge in [-0.2, -0.15) is 0 Å². The second-order valence-corrected chi connectivity index (χ2v) is 6.32. The number of nitrogens with zero attached hydrogens (tertiary/aromatic N) is 1.